The van der Waals surface area contributed by atoms with Gasteiger partial charge in [-0.2, -0.15) is 0 Å². The van der Waals surface area contributed by atoms with Crippen molar-refractivity contribution in [2.75, 3.05) is 18.5 Å². The van der Waals surface area contributed by atoms with E-state index in [1.165, 1.54) is 30.5 Å². The normalized spacial score (nSPS) is 10.5. The number of hydrogen-bond acceptors (Lipinski definition) is 5. The van der Waals surface area contributed by atoms with E-state index in [-0.39, 0.29) is 37.1 Å². The number of ether oxygens (including phenoxy) is 1. The van der Waals surface area contributed by atoms with Crippen LogP contribution in [0.1, 0.15) is 29.4 Å². The number of carbonyl (C=O) groups is 2. The van der Waals surface area contributed by atoms with Crippen LogP contribution in [0, 0.1) is 11.6 Å². The van der Waals surface area contributed by atoms with Gasteiger partial charge in [0.2, 0.25) is 0 Å². The third kappa shape index (κ3) is 6.82. The summed E-state index contributed by atoms with van der Waals surface area (Å²) in [6.45, 7) is 2.46. The van der Waals surface area contributed by atoms with E-state index in [9.17, 15) is 18.4 Å². The number of carbonyl (C=O) groups excluding carboxylic acids is 2. The zero-order valence-electron chi connectivity index (χ0n) is 17.8. The van der Waals surface area contributed by atoms with E-state index in [1.807, 2.05) is 0 Å². The minimum atomic E-state index is -0.427. The van der Waals surface area contributed by atoms with Crippen molar-refractivity contribution in [3.8, 4) is 11.1 Å². The van der Waals surface area contributed by atoms with Gasteiger partial charge in [-0.05, 0) is 70.4 Å². The summed E-state index contributed by atoms with van der Waals surface area (Å²) in [6.07, 6.45) is 1.55. The first kappa shape index (κ1) is 24.3. The summed E-state index contributed by atoms with van der Waals surface area (Å²) in [4.78, 5) is 27.8. The van der Waals surface area contributed by atoms with Crippen molar-refractivity contribution in [3.63, 3.8) is 0 Å². The molecule has 1 aromatic heterocycles. The molecule has 2 N–H and O–H groups in total. The number of nitrogens with one attached hydrogen (secondary N) is 2. The molecule has 0 saturated carbocycles. The van der Waals surface area contributed by atoms with Gasteiger partial charge >= 0.3 is 5.97 Å². The SMILES string of the molecule is CCOC(=O)CCNC(=O)c1ccc(-c2cc(F)ccc2CNc2ccc(Br)c(F)c2)cn1. The Kier molecular flexibility index (Phi) is 8.48. The maximum Gasteiger partial charge on any atom is 0.307 e. The Morgan fingerprint density at radius 3 is 2.61 bits per heavy atom. The molecule has 1 heterocycles. The summed E-state index contributed by atoms with van der Waals surface area (Å²) in [7, 11) is 0. The summed E-state index contributed by atoms with van der Waals surface area (Å²) >= 11 is 3.12. The maximum atomic E-state index is 14.0. The van der Waals surface area contributed by atoms with Gasteiger partial charge in [-0.25, -0.2) is 8.78 Å². The molecule has 9 heteroatoms. The van der Waals surface area contributed by atoms with Gasteiger partial charge in [0, 0.05) is 30.5 Å². The molecule has 172 valence electrons. The van der Waals surface area contributed by atoms with Gasteiger partial charge < -0.3 is 15.4 Å². The van der Waals surface area contributed by atoms with E-state index < -0.39 is 11.7 Å². The second kappa shape index (κ2) is 11.5. The fourth-order valence-corrected chi connectivity index (χ4v) is 3.31. The van der Waals surface area contributed by atoms with E-state index in [2.05, 4.69) is 31.5 Å². The van der Waals surface area contributed by atoms with E-state index in [0.29, 0.717) is 27.8 Å². The van der Waals surface area contributed by atoms with Crippen molar-refractivity contribution in [3.05, 3.63) is 82.1 Å². The monoisotopic (exact) mass is 517 g/mol. The summed E-state index contributed by atoms with van der Waals surface area (Å²) in [5.74, 6) is -1.62. The number of esters is 1. The van der Waals surface area contributed by atoms with Gasteiger partial charge in [0.25, 0.3) is 5.91 Å². The number of aromatic nitrogens is 1. The van der Waals surface area contributed by atoms with Crippen LogP contribution in [0.3, 0.4) is 0 Å². The van der Waals surface area contributed by atoms with Gasteiger partial charge in [0.05, 0.1) is 17.5 Å². The number of nitrogens with zero attached hydrogens (tertiary/aromatic N) is 1. The predicted molar refractivity (Wildman–Crippen MR) is 125 cm³/mol. The Balaban J connectivity index is 1.69. The number of halogens is 3. The number of benzene rings is 2. The van der Waals surface area contributed by atoms with Gasteiger partial charge in [0.15, 0.2) is 0 Å². The predicted octanol–water partition coefficient (Wildman–Crippen LogP) is 5.08. The maximum absolute atomic E-state index is 14.0. The lowest BCUT2D eigenvalue weighted by Crippen LogP contribution is -2.27. The largest absolute Gasteiger partial charge is 0.466 e. The highest BCUT2D eigenvalue weighted by Crippen LogP contribution is 2.26. The van der Waals surface area contributed by atoms with Crippen molar-refractivity contribution in [1.29, 1.82) is 0 Å². The Morgan fingerprint density at radius 2 is 1.91 bits per heavy atom. The lowest BCUT2D eigenvalue weighted by atomic mass is 10.0. The Bertz CT molecular complexity index is 1140. The highest BCUT2D eigenvalue weighted by molar-refractivity contribution is 9.10. The van der Waals surface area contributed by atoms with Gasteiger partial charge in [-0.1, -0.05) is 12.1 Å². The molecule has 3 rings (SSSR count). The quantitative estimate of drug-likeness (QED) is 0.386. The molecular formula is C24H22BrF2N3O3. The minimum absolute atomic E-state index is 0.0690. The molecule has 0 radical (unpaired) electrons. The number of hydrogen-bond donors (Lipinski definition) is 2. The first-order valence-corrected chi connectivity index (χ1v) is 11.0. The first-order valence-electron chi connectivity index (χ1n) is 10.2. The molecule has 0 saturated heterocycles. The fraction of sp³-hybridized carbons (Fsp3) is 0.208. The molecule has 0 unspecified atom stereocenters. The highest BCUT2D eigenvalue weighted by atomic mass is 79.9. The van der Waals surface area contributed by atoms with E-state index >= 15 is 0 Å². The molecule has 0 aliphatic heterocycles. The molecule has 2 aromatic carbocycles. The highest BCUT2D eigenvalue weighted by Gasteiger charge is 2.12. The molecular weight excluding hydrogens is 496 g/mol. The third-order valence-electron chi connectivity index (χ3n) is 4.70. The van der Waals surface area contributed by atoms with Gasteiger partial charge in [-0.15, -0.1) is 0 Å². The van der Waals surface area contributed by atoms with Crippen LogP contribution in [-0.4, -0.2) is 30.0 Å². The van der Waals surface area contributed by atoms with Crippen molar-refractivity contribution in [1.82, 2.24) is 10.3 Å². The molecule has 0 atom stereocenters. The molecule has 0 spiro atoms. The fourth-order valence-electron chi connectivity index (χ4n) is 3.06. The van der Waals surface area contributed by atoms with Crippen LogP contribution in [0.2, 0.25) is 0 Å². The molecule has 1 amide bonds. The molecule has 0 fully saturated rings. The molecule has 0 bridgehead atoms. The molecule has 0 aliphatic rings. The molecule has 33 heavy (non-hydrogen) atoms. The molecule has 0 aliphatic carbocycles. The Labute approximate surface area is 198 Å². The van der Waals surface area contributed by atoms with Crippen LogP contribution in [0.5, 0.6) is 0 Å². The first-order chi connectivity index (χ1) is 15.9. The second-order valence-electron chi connectivity index (χ2n) is 7.03. The topological polar surface area (TPSA) is 80.3 Å². The van der Waals surface area contributed by atoms with Crippen LogP contribution in [0.15, 0.2) is 59.2 Å². The minimum Gasteiger partial charge on any atom is -0.466 e. The standard InChI is InChI=1S/C24H22BrF2N3O3/c1-2-33-23(31)9-10-28-24(32)22-8-4-16(14-30-22)19-11-17(26)5-3-15(19)13-29-18-6-7-20(25)21(27)12-18/h3-8,11-12,14,29H,2,9-10,13H2,1H3,(H,28,32). The average molecular weight is 518 g/mol. The number of anilines is 1. The van der Waals surface area contributed by atoms with Crippen LogP contribution in [0.25, 0.3) is 11.1 Å². The zero-order chi connectivity index (χ0) is 23.8. The van der Waals surface area contributed by atoms with E-state index in [1.54, 1.807) is 31.2 Å². The molecule has 6 nitrogen and oxygen atoms in total. The van der Waals surface area contributed by atoms with Crippen molar-refractivity contribution >= 4 is 33.5 Å². The molecule has 3 aromatic rings. The van der Waals surface area contributed by atoms with Crippen molar-refractivity contribution in [2.45, 2.75) is 19.9 Å². The Morgan fingerprint density at radius 1 is 1.09 bits per heavy atom. The summed E-state index contributed by atoms with van der Waals surface area (Å²) in [5.41, 5.74) is 2.74. The van der Waals surface area contributed by atoms with E-state index in [0.717, 1.165) is 5.56 Å². The van der Waals surface area contributed by atoms with Crippen LogP contribution in [-0.2, 0) is 16.1 Å². The lowest BCUT2D eigenvalue weighted by Gasteiger charge is -2.13. The van der Waals surface area contributed by atoms with E-state index in [4.69, 9.17) is 4.74 Å². The third-order valence-corrected chi connectivity index (χ3v) is 5.34. The summed E-state index contributed by atoms with van der Waals surface area (Å²) in [6, 6.07) is 12.3. The average Bonchev–Trinajstić information content (AvgIpc) is 2.80. The van der Waals surface area contributed by atoms with Crippen molar-refractivity contribution in [2.24, 2.45) is 0 Å². The summed E-state index contributed by atoms with van der Waals surface area (Å²) < 4.78 is 32.9. The van der Waals surface area contributed by atoms with Crippen molar-refractivity contribution < 1.29 is 23.1 Å². The summed E-state index contributed by atoms with van der Waals surface area (Å²) in [5, 5.41) is 5.73. The number of amides is 1. The van der Waals surface area contributed by atoms with Crippen LogP contribution < -0.4 is 10.6 Å². The zero-order valence-corrected chi connectivity index (χ0v) is 19.4. The Hall–Kier alpha value is -3.33. The number of pyridine rings is 1. The second-order valence-corrected chi connectivity index (χ2v) is 7.88. The van der Waals surface area contributed by atoms with Crippen LogP contribution in [0.4, 0.5) is 14.5 Å². The van der Waals surface area contributed by atoms with Gasteiger partial charge in [0.1, 0.15) is 17.3 Å². The lowest BCUT2D eigenvalue weighted by molar-refractivity contribution is -0.142. The number of rotatable bonds is 9. The van der Waals surface area contributed by atoms with Crippen LogP contribution >= 0.6 is 15.9 Å². The smallest absolute Gasteiger partial charge is 0.307 e. The van der Waals surface area contributed by atoms with Gasteiger partial charge in [-0.3, -0.25) is 14.6 Å².